The lowest BCUT2D eigenvalue weighted by Crippen LogP contribution is -2.10. The van der Waals surface area contributed by atoms with Crippen molar-refractivity contribution in [2.24, 2.45) is 4.99 Å². The van der Waals surface area contributed by atoms with Gasteiger partial charge in [0.15, 0.2) is 5.90 Å². The van der Waals surface area contributed by atoms with Crippen molar-refractivity contribution in [1.29, 1.82) is 0 Å². The first-order valence-electron chi connectivity index (χ1n) is 5.29. The summed E-state index contributed by atoms with van der Waals surface area (Å²) in [6.07, 6.45) is 0.448. The molecule has 90 valence electrons. The molecule has 1 heterocycles. The molecule has 2 rings (SSSR count). The molecule has 1 atom stereocenters. The third-order valence-electron chi connectivity index (χ3n) is 2.46. The maximum absolute atomic E-state index is 12.7. The van der Waals surface area contributed by atoms with Gasteiger partial charge < -0.3 is 9.84 Å². The van der Waals surface area contributed by atoms with E-state index in [0.717, 1.165) is 5.56 Å². The van der Waals surface area contributed by atoms with E-state index in [9.17, 15) is 9.18 Å². The number of hydrogen-bond donors (Lipinski definition) is 1. The summed E-state index contributed by atoms with van der Waals surface area (Å²) in [7, 11) is 0. The van der Waals surface area contributed by atoms with E-state index < -0.39 is 5.97 Å². The van der Waals surface area contributed by atoms with Crippen LogP contribution in [0.25, 0.3) is 0 Å². The topological polar surface area (TPSA) is 58.9 Å². The highest BCUT2D eigenvalue weighted by Crippen LogP contribution is 2.13. The molecule has 0 aromatic heterocycles. The lowest BCUT2D eigenvalue weighted by Gasteiger charge is -2.04. The van der Waals surface area contributed by atoms with Gasteiger partial charge >= 0.3 is 5.97 Å². The molecule has 1 N–H and O–H groups in total. The fourth-order valence-corrected chi connectivity index (χ4v) is 1.69. The third kappa shape index (κ3) is 3.27. The molecule has 17 heavy (non-hydrogen) atoms. The van der Waals surface area contributed by atoms with Crippen molar-refractivity contribution in [3.63, 3.8) is 0 Å². The Morgan fingerprint density at radius 2 is 2.18 bits per heavy atom. The second-order valence-corrected chi connectivity index (χ2v) is 3.89. The van der Waals surface area contributed by atoms with Crippen molar-refractivity contribution in [3.8, 4) is 0 Å². The van der Waals surface area contributed by atoms with Crippen molar-refractivity contribution in [2.45, 2.75) is 18.9 Å². The van der Waals surface area contributed by atoms with Gasteiger partial charge in [-0.1, -0.05) is 12.1 Å². The summed E-state index contributed by atoms with van der Waals surface area (Å²) in [4.78, 5) is 14.6. The lowest BCUT2D eigenvalue weighted by atomic mass is 10.1. The van der Waals surface area contributed by atoms with Gasteiger partial charge in [0, 0.05) is 0 Å². The number of ether oxygens (including phenoxy) is 1. The molecule has 0 saturated carbocycles. The number of hydrogen-bond acceptors (Lipinski definition) is 3. The zero-order chi connectivity index (χ0) is 12.3. The minimum atomic E-state index is -0.953. The fraction of sp³-hybridized carbons (Fsp3) is 0.333. The summed E-state index contributed by atoms with van der Waals surface area (Å²) >= 11 is 0. The molecule has 0 fully saturated rings. The Kier molecular flexibility index (Phi) is 3.37. The monoisotopic (exact) mass is 237 g/mol. The third-order valence-corrected chi connectivity index (χ3v) is 2.46. The van der Waals surface area contributed by atoms with Crippen LogP contribution in [0.1, 0.15) is 12.0 Å². The predicted octanol–water partition coefficient (Wildman–Crippen LogP) is 1.64. The van der Waals surface area contributed by atoms with Gasteiger partial charge in [-0.3, -0.25) is 4.79 Å². The second kappa shape index (κ2) is 4.95. The van der Waals surface area contributed by atoms with E-state index in [0.29, 0.717) is 13.0 Å². The minimum Gasteiger partial charge on any atom is -0.481 e. The van der Waals surface area contributed by atoms with Crippen molar-refractivity contribution in [1.82, 2.24) is 0 Å². The molecule has 1 aliphatic rings. The number of aliphatic imine (C=N–C) groups is 1. The maximum atomic E-state index is 12.7. The Hall–Kier alpha value is -1.91. The number of carboxylic acids is 1. The quantitative estimate of drug-likeness (QED) is 0.866. The molecular formula is C12H12FNO3. The second-order valence-electron chi connectivity index (χ2n) is 3.89. The molecule has 5 heteroatoms. The molecule has 1 aliphatic heterocycles. The molecule has 0 radical (unpaired) electrons. The summed E-state index contributed by atoms with van der Waals surface area (Å²) in [5.74, 6) is -0.956. The molecule has 0 amide bonds. The van der Waals surface area contributed by atoms with E-state index in [2.05, 4.69) is 4.99 Å². The predicted molar refractivity (Wildman–Crippen MR) is 59.5 cm³/mol. The minimum absolute atomic E-state index is 0.0742. The highest BCUT2D eigenvalue weighted by atomic mass is 19.1. The van der Waals surface area contributed by atoms with E-state index in [-0.39, 0.29) is 24.2 Å². The number of benzene rings is 1. The lowest BCUT2D eigenvalue weighted by molar-refractivity contribution is -0.135. The summed E-state index contributed by atoms with van der Waals surface area (Å²) in [5, 5.41) is 8.58. The SMILES string of the molecule is O=C(O)CC1=NC(Cc2ccc(F)cc2)CO1. The number of nitrogens with zero attached hydrogens (tertiary/aromatic N) is 1. The maximum Gasteiger partial charge on any atom is 0.312 e. The average molecular weight is 237 g/mol. The van der Waals surface area contributed by atoms with Gasteiger partial charge in [0.05, 0.1) is 6.04 Å². The van der Waals surface area contributed by atoms with Crippen LogP contribution in [0, 0.1) is 5.82 Å². The van der Waals surface area contributed by atoms with Crippen LogP contribution in [0.5, 0.6) is 0 Å². The van der Waals surface area contributed by atoms with Crippen molar-refractivity contribution in [3.05, 3.63) is 35.6 Å². The average Bonchev–Trinajstić information content (AvgIpc) is 2.68. The molecular weight excluding hydrogens is 225 g/mol. The zero-order valence-electron chi connectivity index (χ0n) is 9.10. The van der Waals surface area contributed by atoms with Crippen molar-refractivity contribution in [2.75, 3.05) is 6.61 Å². The van der Waals surface area contributed by atoms with Gasteiger partial charge in [-0.25, -0.2) is 9.38 Å². The van der Waals surface area contributed by atoms with E-state index in [1.165, 1.54) is 12.1 Å². The van der Waals surface area contributed by atoms with Crippen LogP contribution >= 0.6 is 0 Å². The number of aliphatic carboxylic acids is 1. The highest BCUT2D eigenvalue weighted by molar-refractivity contribution is 5.94. The molecule has 0 aliphatic carbocycles. The van der Waals surface area contributed by atoms with E-state index in [1.54, 1.807) is 12.1 Å². The molecule has 0 bridgehead atoms. The van der Waals surface area contributed by atoms with Gasteiger partial charge in [0.1, 0.15) is 18.8 Å². The van der Waals surface area contributed by atoms with E-state index in [4.69, 9.17) is 9.84 Å². The highest BCUT2D eigenvalue weighted by Gasteiger charge is 2.20. The normalized spacial score (nSPS) is 18.6. The number of rotatable bonds is 4. The first-order chi connectivity index (χ1) is 8.13. The molecule has 1 unspecified atom stereocenters. The first-order valence-corrected chi connectivity index (χ1v) is 5.29. The van der Waals surface area contributed by atoms with Crippen molar-refractivity contribution < 1.29 is 19.0 Å². The summed E-state index contributed by atoms with van der Waals surface area (Å²) in [6, 6.07) is 6.11. The number of carbonyl (C=O) groups is 1. The van der Waals surface area contributed by atoms with Gasteiger partial charge in [0.25, 0.3) is 0 Å². The fourth-order valence-electron chi connectivity index (χ4n) is 1.69. The van der Waals surface area contributed by atoms with Crippen LogP contribution in [-0.4, -0.2) is 29.6 Å². The Morgan fingerprint density at radius 1 is 1.47 bits per heavy atom. The molecule has 1 aromatic carbocycles. The first kappa shape index (κ1) is 11.6. The van der Waals surface area contributed by atoms with Gasteiger partial charge in [-0.05, 0) is 24.1 Å². The Bertz CT molecular complexity index is 442. The van der Waals surface area contributed by atoms with Crippen LogP contribution < -0.4 is 0 Å². The Morgan fingerprint density at radius 3 is 2.82 bits per heavy atom. The smallest absolute Gasteiger partial charge is 0.312 e. The Balaban J connectivity index is 1.95. The summed E-state index contributed by atoms with van der Waals surface area (Å²) < 4.78 is 17.9. The van der Waals surface area contributed by atoms with Crippen LogP contribution in [0.2, 0.25) is 0 Å². The Labute approximate surface area is 97.7 Å². The van der Waals surface area contributed by atoms with E-state index in [1.807, 2.05) is 0 Å². The standard InChI is InChI=1S/C12H12FNO3/c13-9-3-1-8(2-4-9)5-10-7-17-11(14-10)6-12(15)16/h1-4,10H,5-7H2,(H,15,16). The molecule has 4 nitrogen and oxygen atoms in total. The summed E-state index contributed by atoms with van der Waals surface area (Å²) in [6.45, 7) is 0.389. The van der Waals surface area contributed by atoms with Gasteiger partial charge in [-0.2, -0.15) is 0 Å². The van der Waals surface area contributed by atoms with Gasteiger partial charge in [0.2, 0.25) is 0 Å². The van der Waals surface area contributed by atoms with Crippen molar-refractivity contribution >= 4 is 11.9 Å². The van der Waals surface area contributed by atoms with Crippen LogP contribution in [0.15, 0.2) is 29.3 Å². The molecule has 1 aromatic rings. The van der Waals surface area contributed by atoms with Crippen LogP contribution in [0.3, 0.4) is 0 Å². The largest absolute Gasteiger partial charge is 0.481 e. The molecule has 0 saturated heterocycles. The van der Waals surface area contributed by atoms with Crippen LogP contribution in [0.4, 0.5) is 4.39 Å². The van der Waals surface area contributed by atoms with Crippen LogP contribution in [-0.2, 0) is 16.0 Å². The molecule has 0 spiro atoms. The van der Waals surface area contributed by atoms with E-state index >= 15 is 0 Å². The number of carboxylic acid groups (broad SMARTS) is 1. The zero-order valence-corrected chi connectivity index (χ0v) is 9.10. The van der Waals surface area contributed by atoms with Gasteiger partial charge in [-0.15, -0.1) is 0 Å². The number of halogens is 1. The summed E-state index contributed by atoms with van der Waals surface area (Å²) in [5.41, 5.74) is 0.959.